The van der Waals surface area contributed by atoms with Gasteiger partial charge in [0.05, 0.1) is 0 Å². The monoisotopic (exact) mass is 681 g/mol. The van der Waals surface area contributed by atoms with Crippen molar-refractivity contribution in [1.29, 1.82) is 0 Å². The smallest absolute Gasteiger partial charge is 0.306 e. The van der Waals surface area contributed by atoms with Gasteiger partial charge in [-0.2, -0.15) is 0 Å². The third-order valence-corrected chi connectivity index (χ3v) is 15.5. The summed E-state index contributed by atoms with van der Waals surface area (Å²) in [5, 5.41) is 0. The first-order chi connectivity index (χ1) is 23.5. The summed E-state index contributed by atoms with van der Waals surface area (Å²) in [6.07, 6.45) is 35.4. The highest BCUT2D eigenvalue weighted by molar-refractivity contribution is 5.69. The van der Waals surface area contributed by atoms with E-state index >= 15 is 0 Å². The highest BCUT2D eigenvalue weighted by Crippen LogP contribution is 2.67. The van der Waals surface area contributed by atoms with Crippen LogP contribution in [0, 0.1) is 58.2 Å². The van der Waals surface area contributed by atoms with Crippen molar-refractivity contribution in [2.45, 2.75) is 222 Å². The highest BCUT2D eigenvalue weighted by Gasteiger charge is 2.59. The molecule has 49 heavy (non-hydrogen) atoms. The number of unbranched alkanes of at least 4 members (excludes halogenated alkanes) is 11. The minimum Gasteiger partial charge on any atom is -0.462 e. The van der Waals surface area contributed by atoms with Gasteiger partial charge in [-0.3, -0.25) is 4.79 Å². The van der Waals surface area contributed by atoms with Crippen molar-refractivity contribution in [1.82, 2.24) is 0 Å². The molecule has 9 atom stereocenters. The van der Waals surface area contributed by atoms with Crippen LogP contribution in [0.5, 0.6) is 0 Å². The Morgan fingerprint density at radius 3 is 2.00 bits per heavy atom. The molecule has 0 aromatic carbocycles. The van der Waals surface area contributed by atoms with Gasteiger partial charge in [-0.05, 0) is 116 Å². The van der Waals surface area contributed by atoms with Gasteiger partial charge >= 0.3 is 5.97 Å². The minimum atomic E-state index is 0.0643. The average Bonchev–Trinajstić information content (AvgIpc) is 3.42. The SMILES string of the molecule is CC[C@H](CC[C@@H](C)[C@H]1CC[C@H]2[C@@H]3CC=C4C[C@@H](OC(=O)CCCCCCCCCCCCCCC(C)C)CC[C@]4(C)[C@H]3CC[C@]12C)C(C)C. The van der Waals surface area contributed by atoms with Gasteiger partial charge in [0.1, 0.15) is 6.10 Å². The van der Waals surface area contributed by atoms with Gasteiger partial charge in [-0.1, -0.05) is 157 Å². The first-order valence-electron chi connectivity index (χ1n) is 22.4. The molecular formula is C47H84O2. The number of carbonyl (C=O) groups is 1. The number of rotatable bonds is 22. The van der Waals surface area contributed by atoms with Crippen LogP contribution in [0.25, 0.3) is 0 Å². The lowest BCUT2D eigenvalue weighted by Crippen LogP contribution is -2.51. The second kappa shape index (κ2) is 19.9. The van der Waals surface area contributed by atoms with Crippen molar-refractivity contribution in [3.05, 3.63) is 11.6 Å². The standard InChI is InChI=1S/C47H84O2/c1-9-38(36(4)5)25-24-37(6)42-28-29-43-41-27-26-39-34-40(30-32-46(39,7)44(41)31-33-47(42,43)8)49-45(48)23-21-19-17-15-13-11-10-12-14-16-18-20-22-35(2)3/h26,35-38,40-44H,9-25,27-34H2,1-8H3/t37-,38-,40+,41+,42-,43+,44+,46+,47-/m1/s1. The molecule has 2 nitrogen and oxygen atoms in total. The summed E-state index contributed by atoms with van der Waals surface area (Å²) >= 11 is 0. The number of allylic oxidation sites excluding steroid dienone is 1. The summed E-state index contributed by atoms with van der Waals surface area (Å²) in [7, 11) is 0. The van der Waals surface area contributed by atoms with E-state index in [0.29, 0.717) is 17.3 Å². The highest BCUT2D eigenvalue weighted by atomic mass is 16.5. The van der Waals surface area contributed by atoms with Crippen molar-refractivity contribution in [3.63, 3.8) is 0 Å². The molecule has 4 rings (SSSR count). The molecular weight excluding hydrogens is 597 g/mol. The molecule has 0 aromatic heterocycles. The van der Waals surface area contributed by atoms with E-state index in [-0.39, 0.29) is 12.1 Å². The molecule has 0 unspecified atom stereocenters. The van der Waals surface area contributed by atoms with Crippen molar-refractivity contribution in [3.8, 4) is 0 Å². The van der Waals surface area contributed by atoms with Crippen molar-refractivity contribution < 1.29 is 9.53 Å². The van der Waals surface area contributed by atoms with Crippen LogP contribution < -0.4 is 0 Å². The Bertz CT molecular complexity index is 994. The molecule has 0 radical (unpaired) electrons. The van der Waals surface area contributed by atoms with Crippen molar-refractivity contribution in [2.75, 3.05) is 0 Å². The van der Waals surface area contributed by atoms with E-state index in [2.05, 4.69) is 61.5 Å². The van der Waals surface area contributed by atoms with Crippen LogP contribution in [-0.2, 0) is 9.53 Å². The summed E-state index contributed by atoms with van der Waals surface area (Å²) in [4.78, 5) is 12.9. The predicted molar refractivity (Wildman–Crippen MR) is 212 cm³/mol. The fourth-order valence-corrected chi connectivity index (χ4v) is 12.2. The molecule has 0 aromatic rings. The summed E-state index contributed by atoms with van der Waals surface area (Å²) in [5.74, 6) is 7.04. The second-order valence-corrected chi connectivity index (χ2v) is 19.5. The number of carbonyl (C=O) groups excluding carboxylic acids is 1. The van der Waals surface area contributed by atoms with E-state index in [9.17, 15) is 4.79 Å². The van der Waals surface area contributed by atoms with E-state index in [4.69, 9.17) is 4.74 Å². The average molecular weight is 681 g/mol. The molecule has 3 saturated carbocycles. The molecule has 4 aliphatic rings. The van der Waals surface area contributed by atoms with Crippen LogP contribution in [-0.4, -0.2) is 12.1 Å². The molecule has 0 amide bonds. The Balaban J connectivity index is 1.12. The summed E-state index contributed by atoms with van der Waals surface area (Å²) in [6.45, 7) is 19.9. The van der Waals surface area contributed by atoms with Gasteiger partial charge in [-0.15, -0.1) is 0 Å². The molecule has 0 saturated heterocycles. The molecule has 0 aliphatic heterocycles. The van der Waals surface area contributed by atoms with Crippen molar-refractivity contribution in [2.24, 2.45) is 58.2 Å². The van der Waals surface area contributed by atoms with Gasteiger partial charge in [0.2, 0.25) is 0 Å². The zero-order valence-corrected chi connectivity index (χ0v) is 34.3. The number of fused-ring (bicyclic) bond motifs is 5. The molecule has 0 heterocycles. The Labute approximate surface area is 306 Å². The number of hydrogen-bond donors (Lipinski definition) is 0. The Kier molecular flexibility index (Phi) is 16.6. The molecule has 3 fully saturated rings. The van der Waals surface area contributed by atoms with Gasteiger partial charge in [0.15, 0.2) is 0 Å². The third-order valence-electron chi connectivity index (χ3n) is 15.5. The summed E-state index contributed by atoms with van der Waals surface area (Å²) < 4.78 is 6.15. The largest absolute Gasteiger partial charge is 0.462 e. The van der Waals surface area contributed by atoms with E-state index in [1.165, 1.54) is 135 Å². The van der Waals surface area contributed by atoms with E-state index < -0.39 is 0 Å². The zero-order chi connectivity index (χ0) is 35.4. The Hall–Kier alpha value is -0.790. The van der Waals surface area contributed by atoms with Crippen LogP contribution >= 0.6 is 0 Å². The van der Waals surface area contributed by atoms with Crippen LogP contribution in [0.3, 0.4) is 0 Å². The molecule has 2 heteroatoms. The van der Waals surface area contributed by atoms with Crippen LogP contribution in [0.1, 0.15) is 216 Å². The molecule has 0 bridgehead atoms. The number of esters is 1. The van der Waals surface area contributed by atoms with E-state index in [0.717, 1.165) is 66.6 Å². The quantitative estimate of drug-likeness (QED) is 0.0646. The lowest BCUT2D eigenvalue weighted by Gasteiger charge is -2.58. The molecule has 4 aliphatic carbocycles. The fraction of sp³-hybridized carbons (Fsp3) is 0.936. The van der Waals surface area contributed by atoms with Crippen LogP contribution in [0.2, 0.25) is 0 Å². The molecule has 0 N–H and O–H groups in total. The Morgan fingerprint density at radius 1 is 0.755 bits per heavy atom. The maximum Gasteiger partial charge on any atom is 0.306 e. The maximum atomic E-state index is 12.9. The third kappa shape index (κ3) is 11.1. The minimum absolute atomic E-state index is 0.0643. The van der Waals surface area contributed by atoms with Gasteiger partial charge in [0.25, 0.3) is 0 Å². The van der Waals surface area contributed by atoms with E-state index in [1.807, 2.05) is 0 Å². The topological polar surface area (TPSA) is 26.3 Å². The summed E-state index contributed by atoms with van der Waals surface area (Å²) in [5.41, 5.74) is 2.52. The number of ether oxygens (including phenoxy) is 1. The predicted octanol–water partition coefficient (Wildman–Crippen LogP) is 14.7. The lowest BCUT2D eigenvalue weighted by atomic mass is 9.47. The molecule has 0 spiro atoms. The van der Waals surface area contributed by atoms with Gasteiger partial charge in [0, 0.05) is 12.8 Å². The first-order valence-corrected chi connectivity index (χ1v) is 22.4. The van der Waals surface area contributed by atoms with Crippen LogP contribution in [0.15, 0.2) is 11.6 Å². The zero-order valence-electron chi connectivity index (χ0n) is 34.3. The second-order valence-electron chi connectivity index (χ2n) is 19.5. The normalized spacial score (nSPS) is 32.4. The maximum absolute atomic E-state index is 12.9. The summed E-state index contributed by atoms with van der Waals surface area (Å²) in [6, 6.07) is 0. The molecule has 284 valence electrons. The van der Waals surface area contributed by atoms with E-state index in [1.54, 1.807) is 5.57 Å². The Morgan fingerprint density at radius 2 is 1.39 bits per heavy atom. The van der Waals surface area contributed by atoms with Gasteiger partial charge < -0.3 is 4.74 Å². The van der Waals surface area contributed by atoms with Crippen molar-refractivity contribution >= 4 is 5.97 Å². The van der Waals surface area contributed by atoms with Crippen LogP contribution in [0.4, 0.5) is 0 Å². The first kappa shape index (κ1) is 41.0. The fourth-order valence-electron chi connectivity index (χ4n) is 12.2. The van der Waals surface area contributed by atoms with Gasteiger partial charge in [-0.25, -0.2) is 0 Å². The number of hydrogen-bond acceptors (Lipinski definition) is 2. The lowest BCUT2D eigenvalue weighted by molar-refractivity contribution is -0.151.